The van der Waals surface area contributed by atoms with Gasteiger partial charge in [0.1, 0.15) is 0 Å². The van der Waals surface area contributed by atoms with Crippen molar-refractivity contribution in [3.8, 4) is 0 Å². The molecule has 0 saturated carbocycles. The van der Waals surface area contributed by atoms with Crippen molar-refractivity contribution in [3.63, 3.8) is 0 Å². The zero-order valence-corrected chi connectivity index (χ0v) is 9.22. The summed E-state index contributed by atoms with van der Waals surface area (Å²) in [5.41, 5.74) is 5.41. The molecule has 1 fully saturated rings. The normalized spacial score (nSPS) is 20.9. The van der Waals surface area contributed by atoms with Crippen LogP contribution in [0.15, 0.2) is 0 Å². The fraction of sp³-hybridized carbons (Fsp3) is 0.900. The second kappa shape index (κ2) is 7.48. The third-order valence-electron chi connectivity index (χ3n) is 2.55. The average molecular weight is 214 g/mol. The molecule has 1 heterocycles. The Morgan fingerprint density at radius 1 is 1.33 bits per heavy atom. The van der Waals surface area contributed by atoms with Gasteiger partial charge < -0.3 is 16.4 Å². The summed E-state index contributed by atoms with van der Waals surface area (Å²) in [6, 6.07) is -0.0677. The number of nitrogens with one attached hydrogen (secondary N) is 3. The molecule has 1 saturated heterocycles. The maximum Gasteiger partial charge on any atom is 0.316 e. The number of hydrogen-bond donors (Lipinski definition) is 4. The van der Waals surface area contributed by atoms with E-state index in [0.29, 0.717) is 0 Å². The second-order valence-electron chi connectivity index (χ2n) is 3.90. The fourth-order valence-electron chi connectivity index (χ4n) is 1.66. The molecule has 0 radical (unpaired) electrons. The van der Waals surface area contributed by atoms with E-state index in [2.05, 4.69) is 16.0 Å². The lowest BCUT2D eigenvalue weighted by atomic mass is 10.2. The lowest BCUT2D eigenvalue weighted by Crippen LogP contribution is -2.55. The number of carbonyl (C=O) groups is 1. The molecule has 1 rings (SSSR count). The summed E-state index contributed by atoms with van der Waals surface area (Å²) in [7, 11) is 0. The van der Waals surface area contributed by atoms with E-state index in [1.807, 2.05) is 0 Å². The van der Waals surface area contributed by atoms with Crippen LogP contribution in [0.4, 0.5) is 4.79 Å². The summed E-state index contributed by atoms with van der Waals surface area (Å²) in [5, 5.41) is 8.89. The Morgan fingerprint density at radius 2 is 2.13 bits per heavy atom. The highest BCUT2D eigenvalue weighted by molar-refractivity contribution is 5.74. The van der Waals surface area contributed by atoms with Gasteiger partial charge in [-0.2, -0.15) is 0 Å². The van der Waals surface area contributed by atoms with E-state index in [9.17, 15) is 4.79 Å². The van der Waals surface area contributed by atoms with Crippen LogP contribution in [0.25, 0.3) is 0 Å². The molecule has 5 nitrogen and oxygen atoms in total. The van der Waals surface area contributed by atoms with Crippen molar-refractivity contribution in [2.24, 2.45) is 5.73 Å². The highest BCUT2D eigenvalue weighted by atomic mass is 16.2. The molecule has 0 aromatic rings. The molecule has 0 aromatic carbocycles. The van der Waals surface area contributed by atoms with Gasteiger partial charge >= 0.3 is 6.03 Å². The highest BCUT2D eigenvalue weighted by Crippen LogP contribution is 1.98. The first-order valence-corrected chi connectivity index (χ1v) is 5.81. The minimum absolute atomic E-state index is 0.0677. The summed E-state index contributed by atoms with van der Waals surface area (Å²) in [6.45, 7) is 2.52. The average Bonchev–Trinajstić information content (AvgIpc) is 2.23. The van der Waals surface area contributed by atoms with Crippen LogP contribution in [0.2, 0.25) is 0 Å². The van der Waals surface area contributed by atoms with Crippen molar-refractivity contribution in [2.45, 2.75) is 38.3 Å². The number of urea groups is 1. The van der Waals surface area contributed by atoms with Crippen molar-refractivity contribution >= 4 is 6.03 Å². The predicted octanol–water partition coefficient (Wildman–Crippen LogP) is 0.124. The quantitative estimate of drug-likeness (QED) is 0.455. The van der Waals surface area contributed by atoms with E-state index >= 15 is 0 Å². The third-order valence-corrected chi connectivity index (χ3v) is 2.55. The lowest BCUT2D eigenvalue weighted by molar-refractivity contribution is 0.224. The molecule has 5 N–H and O–H groups in total. The van der Waals surface area contributed by atoms with Gasteiger partial charge in [0.25, 0.3) is 0 Å². The number of amides is 2. The molecule has 88 valence electrons. The van der Waals surface area contributed by atoms with Crippen LogP contribution < -0.4 is 21.7 Å². The van der Waals surface area contributed by atoms with Gasteiger partial charge in [-0.1, -0.05) is 12.8 Å². The topological polar surface area (TPSA) is 79.2 Å². The molecule has 15 heavy (non-hydrogen) atoms. The Balaban J connectivity index is 1.92. The summed E-state index contributed by atoms with van der Waals surface area (Å²) in [6.07, 6.45) is 5.78. The van der Waals surface area contributed by atoms with Gasteiger partial charge in [0.15, 0.2) is 0 Å². The maximum absolute atomic E-state index is 11.0. The summed E-state index contributed by atoms with van der Waals surface area (Å²) < 4.78 is 0. The van der Waals surface area contributed by atoms with Crippen LogP contribution in [0.3, 0.4) is 0 Å². The minimum atomic E-state index is -0.0677. The Bertz CT molecular complexity index is 186. The fourth-order valence-corrected chi connectivity index (χ4v) is 1.66. The third kappa shape index (κ3) is 5.59. The Labute approximate surface area is 91.2 Å². The molecule has 2 amide bonds. The first-order chi connectivity index (χ1) is 7.33. The van der Waals surface area contributed by atoms with Gasteiger partial charge in [-0.05, 0) is 32.4 Å². The van der Waals surface area contributed by atoms with Crippen LogP contribution in [0, 0.1) is 0 Å². The number of nitrogens with two attached hydrogens (primary N) is 1. The van der Waals surface area contributed by atoms with Gasteiger partial charge in [0.2, 0.25) is 0 Å². The minimum Gasteiger partial charge on any atom is -0.338 e. The van der Waals surface area contributed by atoms with Crippen LogP contribution in [-0.2, 0) is 0 Å². The molecular formula is C10H22N4O. The zero-order chi connectivity index (χ0) is 10.9. The maximum atomic E-state index is 11.0. The van der Waals surface area contributed by atoms with Gasteiger partial charge in [-0.15, -0.1) is 0 Å². The number of unbranched alkanes of at least 4 members (excludes halogenated alkanes) is 3. The first-order valence-electron chi connectivity index (χ1n) is 5.81. The predicted molar refractivity (Wildman–Crippen MR) is 60.5 cm³/mol. The smallest absolute Gasteiger partial charge is 0.316 e. The van der Waals surface area contributed by atoms with E-state index in [-0.39, 0.29) is 12.2 Å². The molecule has 0 spiro atoms. The highest BCUT2D eigenvalue weighted by Gasteiger charge is 2.15. The molecule has 1 unspecified atom stereocenters. The van der Waals surface area contributed by atoms with E-state index in [1.165, 1.54) is 12.8 Å². The molecule has 1 aliphatic heterocycles. The Hall–Kier alpha value is -0.810. The standard InChI is InChI=1S/C10H22N4O/c11-6-3-1-2-4-7-12-9-5-8-13-10(15)14-9/h9,12H,1-8,11H2,(H2,13,14,15). The van der Waals surface area contributed by atoms with E-state index < -0.39 is 0 Å². The van der Waals surface area contributed by atoms with Gasteiger partial charge in [0, 0.05) is 6.54 Å². The van der Waals surface area contributed by atoms with Crippen LogP contribution >= 0.6 is 0 Å². The van der Waals surface area contributed by atoms with Crippen molar-refractivity contribution in [1.29, 1.82) is 0 Å². The van der Waals surface area contributed by atoms with Gasteiger partial charge in [-0.3, -0.25) is 5.32 Å². The zero-order valence-electron chi connectivity index (χ0n) is 9.22. The van der Waals surface area contributed by atoms with E-state index in [1.54, 1.807) is 0 Å². The Morgan fingerprint density at radius 3 is 2.87 bits per heavy atom. The second-order valence-corrected chi connectivity index (χ2v) is 3.90. The molecule has 5 heteroatoms. The molecule has 1 aliphatic rings. The van der Waals surface area contributed by atoms with Gasteiger partial charge in [-0.25, -0.2) is 4.79 Å². The lowest BCUT2D eigenvalue weighted by Gasteiger charge is -2.25. The molecule has 0 aliphatic carbocycles. The van der Waals surface area contributed by atoms with Crippen molar-refractivity contribution in [3.05, 3.63) is 0 Å². The largest absolute Gasteiger partial charge is 0.338 e. The molecule has 1 atom stereocenters. The number of carbonyl (C=O) groups excluding carboxylic acids is 1. The van der Waals surface area contributed by atoms with Crippen molar-refractivity contribution < 1.29 is 4.79 Å². The monoisotopic (exact) mass is 214 g/mol. The van der Waals surface area contributed by atoms with Crippen molar-refractivity contribution in [1.82, 2.24) is 16.0 Å². The van der Waals surface area contributed by atoms with Crippen LogP contribution in [0.5, 0.6) is 0 Å². The van der Waals surface area contributed by atoms with Crippen LogP contribution in [0.1, 0.15) is 32.1 Å². The number of rotatable bonds is 7. The van der Waals surface area contributed by atoms with E-state index in [4.69, 9.17) is 5.73 Å². The summed E-state index contributed by atoms with van der Waals surface area (Å²) in [4.78, 5) is 11.0. The molecule has 0 bridgehead atoms. The molecular weight excluding hydrogens is 192 g/mol. The van der Waals surface area contributed by atoms with Crippen molar-refractivity contribution in [2.75, 3.05) is 19.6 Å². The molecule has 0 aromatic heterocycles. The van der Waals surface area contributed by atoms with Crippen LogP contribution in [-0.4, -0.2) is 31.8 Å². The summed E-state index contributed by atoms with van der Waals surface area (Å²) in [5.74, 6) is 0. The summed E-state index contributed by atoms with van der Waals surface area (Å²) >= 11 is 0. The SMILES string of the molecule is NCCCCCCNC1CCNC(=O)N1. The van der Waals surface area contributed by atoms with Gasteiger partial charge in [0.05, 0.1) is 6.17 Å². The number of hydrogen-bond acceptors (Lipinski definition) is 3. The first kappa shape index (κ1) is 12.3. The van der Waals surface area contributed by atoms with E-state index in [0.717, 1.165) is 38.9 Å². The Kier molecular flexibility index (Phi) is 6.11.